The fraction of sp³-hybridized carbons (Fsp3) is 0.0588. The van der Waals surface area contributed by atoms with E-state index in [0.29, 0.717) is 27.7 Å². The van der Waals surface area contributed by atoms with Crippen molar-refractivity contribution in [1.29, 1.82) is 0 Å². The maximum atomic E-state index is 12.9. The molecule has 2 aromatic carbocycles. The molecule has 1 aromatic heterocycles. The molecule has 126 valence electrons. The third-order valence-electron chi connectivity index (χ3n) is 3.48. The van der Waals surface area contributed by atoms with Gasteiger partial charge >= 0.3 is 0 Å². The highest BCUT2D eigenvalue weighted by atomic mass is 35.5. The number of amides is 1. The Labute approximate surface area is 153 Å². The van der Waals surface area contributed by atoms with Gasteiger partial charge in [-0.05, 0) is 18.2 Å². The highest BCUT2D eigenvalue weighted by molar-refractivity contribution is 6.31. The number of nitrogens with zero attached hydrogens (tertiary/aromatic N) is 3. The molecule has 1 amide bonds. The SMILES string of the molecule is NC(=O)c1nc(CCl)n(-c2ccc(Cl)cc2C(=O)c2ccccc2)n1. The van der Waals surface area contributed by atoms with E-state index in [9.17, 15) is 9.59 Å². The first kappa shape index (κ1) is 17.1. The summed E-state index contributed by atoms with van der Waals surface area (Å²) in [7, 11) is 0. The normalized spacial score (nSPS) is 10.6. The molecule has 0 atom stereocenters. The monoisotopic (exact) mass is 374 g/mol. The number of carbonyl (C=O) groups excluding carboxylic acids is 2. The molecule has 3 aromatic rings. The first-order valence-corrected chi connectivity index (χ1v) is 8.14. The first-order valence-electron chi connectivity index (χ1n) is 7.22. The van der Waals surface area contributed by atoms with Gasteiger partial charge < -0.3 is 5.73 Å². The summed E-state index contributed by atoms with van der Waals surface area (Å²) in [4.78, 5) is 28.3. The summed E-state index contributed by atoms with van der Waals surface area (Å²) in [5.74, 6) is -0.921. The quantitative estimate of drug-likeness (QED) is 0.548. The van der Waals surface area contributed by atoms with E-state index in [-0.39, 0.29) is 17.5 Å². The zero-order valence-corrected chi connectivity index (χ0v) is 14.3. The predicted molar refractivity (Wildman–Crippen MR) is 94.3 cm³/mol. The molecular formula is C17H12Cl2N4O2. The van der Waals surface area contributed by atoms with Crippen molar-refractivity contribution in [3.63, 3.8) is 0 Å². The molecule has 0 spiro atoms. The number of nitrogens with two attached hydrogens (primary N) is 1. The highest BCUT2D eigenvalue weighted by Gasteiger charge is 2.20. The Kier molecular flexibility index (Phi) is 4.83. The van der Waals surface area contributed by atoms with Crippen molar-refractivity contribution in [3.8, 4) is 5.69 Å². The molecule has 25 heavy (non-hydrogen) atoms. The molecule has 0 radical (unpaired) electrons. The minimum atomic E-state index is -0.782. The van der Waals surface area contributed by atoms with Gasteiger partial charge in [-0.3, -0.25) is 9.59 Å². The van der Waals surface area contributed by atoms with Crippen molar-refractivity contribution >= 4 is 34.9 Å². The Morgan fingerprint density at radius 3 is 2.48 bits per heavy atom. The van der Waals surface area contributed by atoms with Crippen molar-refractivity contribution in [2.45, 2.75) is 5.88 Å². The molecule has 6 nitrogen and oxygen atoms in total. The van der Waals surface area contributed by atoms with Gasteiger partial charge in [0.1, 0.15) is 5.82 Å². The fourth-order valence-corrected chi connectivity index (χ4v) is 2.69. The Morgan fingerprint density at radius 2 is 1.84 bits per heavy atom. The number of hydrogen-bond donors (Lipinski definition) is 1. The number of rotatable bonds is 5. The predicted octanol–water partition coefficient (Wildman–Crippen LogP) is 2.99. The second-order valence-corrected chi connectivity index (χ2v) is 5.82. The molecule has 0 bridgehead atoms. The molecule has 0 saturated carbocycles. The number of ketones is 1. The lowest BCUT2D eigenvalue weighted by atomic mass is 10.0. The van der Waals surface area contributed by atoms with Gasteiger partial charge in [-0.15, -0.1) is 16.7 Å². The molecule has 0 saturated heterocycles. The Morgan fingerprint density at radius 1 is 1.12 bits per heavy atom. The van der Waals surface area contributed by atoms with Crippen LogP contribution in [0, 0.1) is 0 Å². The standard InChI is InChI=1S/C17H12Cl2N4O2/c18-9-14-21-17(16(20)25)22-23(14)13-7-6-11(19)8-12(13)15(24)10-4-2-1-3-5-10/h1-8H,9H2,(H2,20,25). The maximum absolute atomic E-state index is 12.9. The van der Waals surface area contributed by atoms with Crippen molar-refractivity contribution in [2.75, 3.05) is 0 Å². The van der Waals surface area contributed by atoms with Crippen LogP contribution in [0.5, 0.6) is 0 Å². The second-order valence-electron chi connectivity index (χ2n) is 5.12. The highest BCUT2D eigenvalue weighted by Crippen LogP contribution is 2.24. The second kappa shape index (κ2) is 7.04. The van der Waals surface area contributed by atoms with Gasteiger partial charge in [0.25, 0.3) is 5.91 Å². The molecule has 0 unspecified atom stereocenters. The number of alkyl halides is 1. The van der Waals surface area contributed by atoms with E-state index in [1.165, 1.54) is 10.7 Å². The summed E-state index contributed by atoms with van der Waals surface area (Å²) in [6, 6.07) is 13.5. The molecule has 8 heteroatoms. The Bertz CT molecular complexity index is 955. The summed E-state index contributed by atoms with van der Waals surface area (Å²) in [5, 5.41) is 4.46. The first-order chi connectivity index (χ1) is 12.0. The fourth-order valence-electron chi connectivity index (χ4n) is 2.35. The maximum Gasteiger partial charge on any atom is 0.288 e. The average Bonchev–Trinajstić information content (AvgIpc) is 3.06. The zero-order valence-electron chi connectivity index (χ0n) is 12.8. The van der Waals surface area contributed by atoms with Crippen molar-refractivity contribution in [1.82, 2.24) is 14.8 Å². The van der Waals surface area contributed by atoms with Gasteiger partial charge in [-0.25, -0.2) is 9.67 Å². The van der Waals surface area contributed by atoms with Crippen LogP contribution in [0.2, 0.25) is 5.02 Å². The van der Waals surface area contributed by atoms with E-state index in [1.54, 1.807) is 36.4 Å². The lowest BCUT2D eigenvalue weighted by molar-refractivity contribution is 0.0989. The largest absolute Gasteiger partial charge is 0.363 e. The van der Waals surface area contributed by atoms with Gasteiger partial charge in [-0.1, -0.05) is 41.9 Å². The van der Waals surface area contributed by atoms with E-state index in [4.69, 9.17) is 28.9 Å². The van der Waals surface area contributed by atoms with Crippen LogP contribution in [0.25, 0.3) is 5.69 Å². The summed E-state index contributed by atoms with van der Waals surface area (Å²) < 4.78 is 1.33. The van der Waals surface area contributed by atoms with Gasteiger partial charge in [0.15, 0.2) is 5.78 Å². The van der Waals surface area contributed by atoms with Crippen LogP contribution in [0.1, 0.15) is 32.4 Å². The zero-order chi connectivity index (χ0) is 18.0. The van der Waals surface area contributed by atoms with Crippen molar-refractivity contribution < 1.29 is 9.59 Å². The molecule has 0 aliphatic heterocycles. The number of benzene rings is 2. The van der Waals surface area contributed by atoms with E-state index >= 15 is 0 Å². The van der Waals surface area contributed by atoms with Crippen LogP contribution in [0.3, 0.4) is 0 Å². The molecule has 0 fully saturated rings. The van der Waals surface area contributed by atoms with Gasteiger partial charge in [-0.2, -0.15) is 0 Å². The summed E-state index contributed by atoms with van der Waals surface area (Å²) in [6.07, 6.45) is 0. The van der Waals surface area contributed by atoms with E-state index in [1.807, 2.05) is 6.07 Å². The summed E-state index contributed by atoms with van der Waals surface area (Å²) in [6.45, 7) is 0. The summed E-state index contributed by atoms with van der Waals surface area (Å²) in [5.41, 5.74) is 6.45. The summed E-state index contributed by atoms with van der Waals surface area (Å²) >= 11 is 12.0. The van der Waals surface area contributed by atoms with Crippen LogP contribution in [-0.4, -0.2) is 26.5 Å². The number of hydrogen-bond acceptors (Lipinski definition) is 4. The molecule has 3 rings (SSSR count). The van der Waals surface area contributed by atoms with Crippen LogP contribution in [-0.2, 0) is 5.88 Å². The Hall–Kier alpha value is -2.70. The minimum Gasteiger partial charge on any atom is -0.363 e. The molecule has 2 N–H and O–H groups in total. The number of primary amides is 1. The smallest absolute Gasteiger partial charge is 0.288 e. The molecule has 1 heterocycles. The average molecular weight is 375 g/mol. The minimum absolute atomic E-state index is 0.0120. The van der Waals surface area contributed by atoms with Crippen LogP contribution in [0.4, 0.5) is 0 Å². The van der Waals surface area contributed by atoms with E-state index in [2.05, 4.69) is 10.1 Å². The molecule has 0 aliphatic rings. The van der Waals surface area contributed by atoms with Crippen molar-refractivity contribution in [3.05, 3.63) is 76.3 Å². The van der Waals surface area contributed by atoms with Crippen LogP contribution < -0.4 is 5.73 Å². The van der Waals surface area contributed by atoms with Gasteiger partial charge in [0.05, 0.1) is 11.6 Å². The topological polar surface area (TPSA) is 90.9 Å². The molecular weight excluding hydrogens is 363 g/mol. The number of halogens is 2. The van der Waals surface area contributed by atoms with Crippen molar-refractivity contribution in [2.24, 2.45) is 5.73 Å². The number of aromatic nitrogens is 3. The van der Waals surface area contributed by atoms with Crippen LogP contribution >= 0.6 is 23.2 Å². The third-order valence-corrected chi connectivity index (χ3v) is 3.96. The Balaban J connectivity index is 2.18. The van der Waals surface area contributed by atoms with E-state index < -0.39 is 5.91 Å². The molecule has 0 aliphatic carbocycles. The number of carbonyl (C=O) groups is 2. The van der Waals surface area contributed by atoms with Gasteiger partial charge in [0.2, 0.25) is 5.82 Å². The lowest BCUT2D eigenvalue weighted by Crippen LogP contribution is -2.14. The third kappa shape index (κ3) is 3.40. The van der Waals surface area contributed by atoms with E-state index in [0.717, 1.165) is 0 Å². The lowest BCUT2D eigenvalue weighted by Gasteiger charge is -2.11. The van der Waals surface area contributed by atoms with Gasteiger partial charge in [0, 0.05) is 16.1 Å². The van der Waals surface area contributed by atoms with Crippen LogP contribution in [0.15, 0.2) is 48.5 Å².